The number of hydrogen-bond donors (Lipinski definition) is 1. The normalized spacial score (nSPS) is 23.3. The number of nitrogens with zero attached hydrogens (tertiary/aromatic N) is 2. The molecule has 0 unspecified atom stereocenters. The quantitative estimate of drug-likeness (QED) is 0.761. The molecule has 3 atom stereocenters. The second kappa shape index (κ2) is 9.33. The summed E-state index contributed by atoms with van der Waals surface area (Å²) in [7, 11) is 0. The van der Waals surface area contributed by atoms with Crippen molar-refractivity contribution in [1.29, 1.82) is 5.26 Å². The molecule has 1 N–H and O–H groups in total. The summed E-state index contributed by atoms with van der Waals surface area (Å²) in [6, 6.07) is 14.0. The monoisotopic (exact) mass is 416 g/mol. The van der Waals surface area contributed by atoms with Crippen LogP contribution in [0.3, 0.4) is 0 Å². The zero-order valence-electron chi connectivity index (χ0n) is 17.3. The number of nitriles is 1. The SMILES string of the molecule is N#C[C@@H]1[C@H](c2ccc(C#CC3CCCCC3)cc2)[C@H](CO)N1C(=O)c1cccc(F)c1. The molecule has 2 aliphatic rings. The summed E-state index contributed by atoms with van der Waals surface area (Å²) in [4.78, 5) is 14.2. The molecule has 2 aromatic carbocycles. The molecular weight excluding hydrogens is 391 g/mol. The fourth-order valence-corrected chi connectivity index (χ4v) is 4.68. The lowest BCUT2D eigenvalue weighted by Gasteiger charge is -2.51. The highest BCUT2D eigenvalue weighted by Crippen LogP contribution is 2.41. The molecule has 31 heavy (non-hydrogen) atoms. The van der Waals surface area contributed by atoms with E-state index in [4.69, 9.17) is 0 Å². The maximum Gasteiger partial charge on any atom is 0.255 e. The summed E-state index contributed by atoms with van der Waals surface area (Å²) in [5.41, 5.74) is 1.98. The Hall–Kier alpha value is -3.15. The molecule has 1 heterocycles. The molecule has 1 aliphatic carbocycles. The van der Waals surface area contributed by atoms with Crippen molar-refractivity contribution in [3.63, 3.8) is 0 Å². The lowest BCUT2D eigenvalue weighted by molar-refractivity contribution is -0.00588. The maximum atomic E-state index is 13.5. The fraction of sp³-hybridized carbons (Fsp3) is 0.385. The standard InChI is InChI=1S/C26H25FN2O2/c27-22-8-4-7-21(15-22)26(31)29-23(16-28)25(24(29)17-30)20-13-11-19(12-14-20)10-9-18-5-2-1-3-6-18/h4,7-8,11-15,18,23-25,30H,1-3,5-6,17H2/t23-,24+,25+/m1/s1. The predicted molar refractivity (Wildman–Crippen MR) is 115 cm³/mol. The average molecular weight is 416 g/mol. The number of carbonyl (C=O) groups excluding carboxylic acids is 1. The number of amides is 1. The van der Waals surface area contributed by atoms with Crippen LogP contribution in [0.4, 0.5) is 4.39 Å². The van der Waals surface area contributed by atoms with Crippen molar-refractivity contribution in [3.8, 4) is 17.9 Å². The van der Waals surface area contributed by atoms with Crippen molar-refractivity contribution >= 4 is 5.91 Å². The van der Waals surface area contributed by atoms with Crippen LogP contribution in [0.2, 0.25) is 0 Å². The lowest BCUT2D eigenvalue weighted by Crippen LogP contribution is -2.65. The third kappa shape index (κ3) is 4.33. The molecule has 1 amide bonds. The third-order valence-electron chi connectivity index (χ3n) is 6.36. The van der Waals surface area contributed by atoms with Crippen LogP contribution < -0.4 is 0 Å². The van der Waals surface area contributed by atoms with Gasteiger partial charge in [-0.15, -0.1) is 0 Å². The lowest BCUT2D eigenvalue weighted by atomic mass is 9.75. The molecule has 0 aromatic heterocycles. The first-order chi connectivity index (χ1) is 15.1. The first-order valence-corrected chi connectivity index (χ1v) is 10.8. The van der Waals surface area contributed by atoms with Gasteiger partial charge in [-0.05, 0) is 48.7 Å². The minimum atomic E-state index is -0.716. The van der Waals surface area contributed by atoms with E-state index in [1.165, 1.54) is 55.2 Å². The second-order valence-corrected chi connectivity index (χ2v) is 8.30. The van der Waals surface area contributed by atoms with Crippen molar-refractivity contribution in [1.82, 2.24) is 4.90 Å². The minimum absolute atomic E-state index is 0.172. The van der Waals surface area contributed by atoms with E-state index in [-0.39, 0.29) is 18.1 Å². The van der Waals surface area contributed by atoms with E-state index in [1.807, 2.05) is 24.3 Å². The molecule has 1 saturated carbocycles. The number of rotatable bonds is 3. The van der Waals surface area contributed by atoms with Gasteiger partial charge in [0.15, 0.2) is 0 Å². The summed E-state index contributed by atoms with van der Waals surface area (Å²) in [5.74, 6) is 5.85. The Morgan fingerprint density at radius 3 is 2.52 bits per heavy atom. The Bertz CT molecular complexity index is 1040. The Morgan fingerprint density at radius 1 is 1.13 bits per heavy atom. The van der Waals surface area contributed by atoms with Crippen LogP contribution in [0, 0.1) is 34.9 Å². The summed E-state index contributed by atoms with van der Waals surface area (Å²) >= 11 is 0. The number of carbonyl (C=O) groups is 1. The Balaban J connectivity index is 1.51. The van der Waals surface area contributed by atoms with Gasteiger partial charge in [-0.3, -0.25) is 4.79 Å². The molecule has 1 aliphatic heterocycles. The minimum Gasteiger partial charge on any atom is -0.394 e. The smallest absolute Gasteiger partial charge is 0.255 e. The topological polar surface area (TPSA) is 64.3 Å². The van der Waals surface area contributed by atoms with Crippen LogP contribution in [0.15, 0.2) is 48.5 Å². The van der Waals surface area contributed by atoms with E-state index in [2.05, 4.69) is 17.9 Å². The number of benzene rings is 2. The number of aliphatic hydroxyl groups excluding tert-OH is 1. The Morgan fingerprint density at radius 2 is 1.87 bits per heavy atom. The molecule has 0 radical (unpaired) electrons. The molecule has 2 aromatic rings. The van der Waals surface area contributed by atoms with Crippen LogP contribution in [-0.4, -0.2) is 34.6 Å². The van der Waals surface area contributed by atoms with E-state index in [1.54, 1.807) is 0 Å². The van der Waals surface area contributed by atoms with Gasteiger partial charge < -0.3 is 10.0 Å². The van der Waals surface area contributed by atoms with Gasteiger partial charge in [-0.2, -0.15) is 5.26 Å². The van der Waals surface area contributed by atoms with Crippen LogP contribution >= 0.6 is 0 Å². The molecule has 0 spiro atoms. The number of aliphatic hydroxyl groups is 1. The van der Waals surface area contributed by atoms with Gasteiger partial charge >= 0.3 is 0 Å². The van der Waals surface area contributed by atoms with Gasteiger partial charge in [-0.1, -0.05) is 49.3 Å². The van der Waals surface area contributed by atoms with Crippen molar-refractivity contribution in [2.24, 2.45) is 5.92 Å². The predicted octanol–water partition coefficient (Wildman–Crippen LogP) is 4.25. The van der Waals surface area contributed by atoms with Crippen molar-refractivity contribution in [3.05, 3.63) is 71.0 Å². The molecule has 5 heteroatoms. The molecule has 4 nitrogen and oxygen atoms in total. The zero-order chi connectivity index (χ0) is 21.8. The summed E-state index contributed by atoms with van der Waals surface area (Å²) < 4.78 is 13.5. The van der Waals surface area contributed by atoms with Crippen molar-refractivity contribution in [2.45, 2.75) is 50.1 Å². The summed E-state index contributed by atoms with van der Waals surface area (Å²) in [6.07, 6.45) is 6.15. The first kappa shape index (κ1) is 21.1. The van der Waals surface area contributed by atoms with Gasteiger partial charge in [0, 0.05) is 23.0 Å². The van der Waals surface area contributed by atoms with Gasteiger partial charge in [0.25, 0.3) is 5.91 Å². The van der Waals surface area contributed by atoms with Crippen LogP contribution in [-0.2, 0) is 0 Å². The highest BCUT2D eigenvalue weighted by Gasteiger charge is 2.51. The molecule has 2 fully saturated rings. The highest BCUT2D eigenvalue weighted by atomic mass is 19.1. The van der Waals surface area contributed by atoms with Gasteiger partial charge in [0.2, 0.25) is 0 Å². The second-order valence-electron chi connectivity index (χ2n) is 8.30. The zero-order valence-corrected chi connectivity index (χ0v) is 17.3. The third-order valence-corrected chi connectivity index (χ3v) is 6.36. The fourth-order valence-electron chi connectivity index (χ4n) is 4.68. The average Bonchev–Trinajstić information content (AvgIpc) is 2.79. The van der Waals surface area contributed by atoms with Crippen LogP contribution in [0.25, 0.3) is 0 Å². The molecule has 1 saturated heterocycles. The molecule has 4 rings (SSSR count). The van der Waals surface area contributed by atoms with E-state index < -0.39 is 23.8 Å². The van der Waals surface area contributed by atoms with E-state index in [9.17, 15) is 19.6 Å². The van der Waals surface area contributed by atoms with E-state index >= 15 is 0 Å². The van der Waals surface area contributed by atoms with Gasteiger partial charge in [0.05, 0.1) is 18.7 Å². The Kier molecular flexibility index (Phi) is 6.35. The van der Waals surface area contributed by atoms with Gasteiger partial charge in [0.1, 0.15) is 11.9 Å². The molecular formula is C26H25FN2O2. The first-order valence-electron chi connectivity index (χ1n) is 10.8. The van der Waals surface area contributed by atoms with Crippen LogP contribution in [0.5, 0.6) is 0 Å². The van der Waals surface area contributed by atoms with E-state index in [0.717, 1.165) is 17.2 Å². The maximum absolute atomic E-state index is 13.5. The van der Waals surface area contributed by atoms with Crippen molar-refractivity contribution in [2.75, 3.05) is 6.61 Å². The number of halogens is 1. The summed E-state index contributed by atoms with van der Waals surface area (Å²) in [5, 5.41) is 19.6. The number of hydrogen-bond acceptors (Lipinski definition) is 3. The van der Waals surface area contributed by atoms with Gasteiger partial charge in [-0.25, -0.2) is 4.39 Å². The van der Waals surface area contributed by atoms with E-state index in [0.29, 0.717) is 5.92 Å². The molecule has 0 bridgehead atoms. The largest absolute Gasteiger partial charge is 0.394 e. The summed E-state index contributed by atoms with van der Waals surface area (Å²) in [6.45, 7) is -0.271. The van der Waals surface area contributed by atoms with Crippen LogP contribution in [0.1, 0.15) is 59.5 Å². The van der Waals surface area contributed by atoms with Crippen molar-refractivity contribution < 1.29 is 14.3 Å². The highest BCUT2D eigenvalue weighted by molar-refractivity contribution is 5.95. The number of likely N-dealkylation sites (tertiary alicyclic amines) is 1. The molecule has 158 valence electrons. The Labute approximate surface area is 182 Å².